The van der Waals surface area contributed by atoms with E-state index in [2.05, 4.69) is 60.5 Å². The van der Waals surface area contributed by atoms with Crippen LogP contribution in [0.1, 0.15) is 86.6 Å². The Kier molecular flexibility index (Phi) is 26.8. The fourth-order valence-corrected chi connectivity index (χ4v) is 6.98. The fourth-order valence-electron chi connectivity index (χ4n) is 6.73. The van der Waals surface area contributed by atoms with Gasteiger partial charge < -0.3 is 74.0 Å². The highest BCUT2D eigenvalue weighted by Crippen LogP contribution is 2.14. The lowest BCUT2D eigenvalue weighted by Gasteiger charge is -2.30. The maximum atomic E-state index is 13.9. The number of hydrogen-bond acceptors (Lipinski definition) is 15. The van der Waals surface area contributed by atoms with Crippen LogP contribution < -0.4 is 53.6 Å². The number of thiol groups is 1. The molecule has 0 unspecified atom stereocenters. The van der Waals surface area contributed by atoms with Crippen molar-refractivity contribution in [1.29, 1.82) is 0 Å². The number of carbonyl (C=O) groups excluding carboxylic acids is 10. The number of phenols is 1. The van der Waals surface area contributed by atoms with Gasteiger partial charge in [-0.1, -0.05) is 60.1 Å². The summed E-state index contributed by atoms with van der Waals surface area (Å²) in [5.74, 6) is -14.7. The number of rotatable bonds is 31. The van der Waals surface area contributed by atoms with E-state index in [0.717, 1.165) is 6.92 Å². The monoisotopic (exact) mass is 1040 g/mol. The molecule has 0 saturated carbocycles. The van der Waals surface area contributed by atoms with Gasteiger partial charge in [0.15, 0.2) is 0 Å². The Bertz CT molecular complexity index is 2110. The fraction of sp³-hybridized carbons (Fsp3) is 0.600. The highest BCUT2D eigenvalue weighted by Gasteiger charge is 2.37. The van der Waals surface area contributed by atoms with E-state index in [1.807, 2.05) is 0 Å². The molecule has 27 heteroatoms. The molecule has 0 saturated heterocycles. The first-order chi connectivity index (χ1) is 33.5. The molecule has 402 valence electrons. The SMILES string of the molecule is CC[C@H](C)[C@H](NC(=O)[C@@H](NC(=O)[C@@H](NC(=O)CNC(=O)[C@H](CS)NC(=O)[C@H](Cc1ccc(O)cc1)NC(C)=O)[C@@H](C)O)C(C)C)C(=O)N[C@@H](CC(N)=O)C(=O)N[C@@H](CC(=O)O)C(=O)N[C@@H](CC(C)C)C(=O)O. The van der Waals surface area contributed by atoms with Gasteiger partial charge in [0.2, 0.25) is 59.1 Å². The van der Waals surface area contributed by atoms with Crippen molar-refractivity contribution in [3.8, 4) is 5.75 Å². The van der Waals surface area contributed by atoms with E-state index in [9.17, 15) is 78.0 Å². The number of benzene rings is 1. The first-order valence-electron chi connectivity index (χ1n) is 23.0. The van der Waals surface area contributed by atoms with Crippen LogP contribution in [0, 0.1) is 17.8 Å². The van der Waals surface area contributed by atoms with E-state index in [-0.39, 0.29) is 36.7 Å². The Labute approximate surface area is 421 Å². The van der Waals surface area contributed by atoms with Gasteiger partial charge in [0.05, 0.1) is 25.5 Å². The third-order valence-electron chi connectivity index (χ3n) is 10.8. The van der Waals surface area contributed by atoms with Crippen LogP contribution in [0.4, 0.5) is 0 Å². The normalized spacial score (nSPS) is 15.2. The first-order valence-corrected chi connectivity index (χ1v) is 23.6. The van der Waals surface area contributed by atoms with E-state index in [1.165, 1.54) is 45.0 Å². The smallest absolute Gasteiger partial charge is 0.326 e. The van der Waals surface area contributed by atoms with Crippen LogP contribution in [-0.2, 0) is 64.0 Å². The van der Waals surface area contributed by atoms with Crippen LogP contribution in [-0.4, -0.2) is 158 Å². The Morgan fingerprint density at radius 1 is 0.597 bits per heavy atom. The standard InChI is InChI=1S/C45H70N10O16S/c1-9-22(6)36(43(68)50-28(16-32(46)59)40(65)49-29(17-34(61)62)41(66)51-30(45(70)71)14-20(2)3)55-42(67)35(21(4)5)54-44(69)37(23(7)56)53-33(60)18-47-38(63)31(19-72)52-39(64)27(48-24(8)57)15-25-10-12-26(58)13-11-25/h10-13,20-23,27-31,35-37,56,58,72H,9,14-19H2,1-8H3,(H2,46,59)(H,47,63)(H,48,57)(H,49,65)(H,50,68)(H,51,66)(H,52,64)(H,53,60)(H,54,69)(H,55,67)(H,61,62)(H,70,71)/t22-,23+,27-,28-,29-,30-,31-,35-,36-,37-/m0/s1. The number of amides is 10. The van der Waals surface area contributed by atoms with E-state index >= 15 is 0 Å². The molecule has 1 rings (SSSR count). The maximum Gasteiger partial charge on any atom is 0.326 e. The highest BCUT2D eigenvalue weighted by molar-refractivity contribution is 7.80. The van der Waals surface area contributed by atoms with Crippen LogP contribution in [0.5, 0.6) is 5.75 Å². The Hall–Kier alpha value is -7.03. The van der Waals surface area contributed by atoms with Crippen molar-refractivity contribution in [2.45, 2.75) is 142 Å². The largest absolute Gasteiger partial charge is 0.508 e. The summed E-state index contributed by atoms with van der Waals surface area (Å²) in [6.45, 7) is 11.2. The Morgan fingerprint density at radius 3 is 1.56 bits per heavy atom. The molecule has 0 aliphatic carbocycles. The number of aliphatic hydroxyl groups excluding tert-OH is 1. The second-order valence-electron chi connectivity index (χ2n) is 17.9. The van der Waals surface area contributed by atoms with Gasteiger partial charge in [0.25, 0.3) is 0 Å². The highest BCUT2D eigenvalue weighted by atomic mass is 32.1. The van der Waals surface area contributed by atoms with Crippen LogP contribution in [0.15, 0.2) is 24.3 Å². The predicted octanol–water partition coefficient (Wildman–Crippen LogP) is -3.56. The molecule has 0 heterocycles. The predicted molar refractivity (Wildman–Crippen MR) is 259 cm³/mol. The Morgan fingerprint density at radius 2 is 1.08 bits per heavy atom. The second-order valence-corrected chi connectivity index (χ2v) is 18.3. The van der Waals surface area contributed by atoms with Crippen molar-refractivity contribution in [2.24, 2.45) is 23.5 Å². The molecule has 0 aliphatic rings. The molecule has 1 aromatic carbocycles. The van der Waals surface area contributed by atoms with Crippen LogP contribution in [0.2, 0.25) is 0 Å². The minimum Gasteiger partial charge on any atom is -0.508 e. The molecule has 0 fully saturated rings. The molecule has 72 heavy (non-hydrogen) atoms. The van der Waals surface area contributed by atoms with Crippen molar-refractivity contribution in [2.75, 3.05) is 12.3 Å². The van der Waals surface area contributed by atoms with Gasteiger partial charge in [0.1, 0.15) is 54.1 Å². The van der Waals surface area contributed by atoms with Gasteiger partial charge in [-0.3, -0.25) is 52.7 Å². The summed E-state index contributed by atoms with van der Waals surface area (Å²) < 4.78 is 0. The number of carbonyl (C=O) groups is 12. The summed E-state index contributed by atoms with van der Waals surface area (Å²) in [7, 11) is 0. The molecule has 10 atom stereocenters. The average molecular weight is 1040 g/mol. The second kappa shape index (κ2) is 30.7. The van der Waals surface area contributed by atoms with Gasteiger partial charge in [-0.15, -0.1) is 0 Å². The van der Waals surface area contributed by atoms with Crippen molar-refractivity contribution in [1.82, 2.24) is 47.9 Å². The number of aliphatic carboxylic acids is 2. The summed E-state index contributed by atoms with van der Waals surface area (Å²) >= 11 is 4.12. The summed E-state index contributed by atoms with van der Waals surface area (Å²) in [5.41, 5.74) is 5.93. The van der Waals surface area contributed by atoms with Gasteiger partial charge >= 0.3 is 11.9 Å². The zero-order valence-corrected chi connectivity index (χ0v) is 42.3. The topological polar surface area (TPSA) is 420 Å². The molecule has 0 bridgehead atoms. The number of carboxylic acids is 2. The molecule has 0 aliphatic heterocycles. The third kappa shape index (κ3) is 22.4. The van der Waals surface area contributed by atoms with E-state index in [1.54, 1.807) is 27.7 Å². The van der Waals surface area contributed by atoms with Gasteiger partial charge in [-0.25, -0.2) is 4.79 Å². The molecule has 15 N–H and O–H groups in total. The average Bonchev–Trinajstić information content (AvgIpc) is 3.28. The minimum atomic E-state index is -1.88. The molecular formula is C45H70N10O16S. The quantitative estimate of drug-likeness (QED) is 0.0320. The summed E-state index contributed by atoms with van der Waals surface area (Å²) in [5, 5.41) is 60.2. The summed E-state index contributed by atoms with van der Waals surface area (Å²) in [6, 6.07) is -6.43. The molecule has 0 spiro atoms. The number of primary amides is 1. The van der Waals surface area contributed by atoms with Gasteiger partial charge in [-0.05, 0) is 48.8 Å². The Balaban J connectivity index is 3.18. The van der Waals surface area contributed by atoms with E-state index < -0.39 is 157 Å². The lowest BCUT2D eigenvalue weighted by atomic mass is 9.95. The minimum absolute atomic E-state index is 0.00758. The van der Waals surface area contributed by atoms with Crippen molar-refractivity contribution in [3.05, 3.63) is 29.8 Å². The number of aliphatic hydroxyl groups is 1. The number of phenolic OH excluding ortho intramolecular Hbond substituents is 1. The number of carboxylic acid groups (broad SMARTS) is 2. The molecule has 1 aromatic rings. The van der Waals surface area contributed by atoms with Gasteiger partial charge in [0, 0.05) is 19.1 Å². The van der Waals surface area contributed by atoms with Crippen molar-refractivity contribution >= 4 is 83.6 Å². The molecule has 10 amide bonds. The molecular weight excluding hydrogens is 969 g/mol. The number of hydrogen-bond donors (Lipinski definition) is 15. The van der Waals surface area contributed by atoms with Crippen molar-refractivity contribution in [3.63, 3.8) is 0 Å². The van der Waals surface area contributed by atoms with Crippen LogP contribution >= 0.6 is 12.6 Å². The number of nitrogens with one attached hydrogen (secondary N) is 9. The summed E-state index contributed by atoms with van der Waals surface area (Å²) in [6.07, 6.45) is -3.31. The first kappa shape index (κ1) is 63.0. The van der Waals surface area contributed by atoms with Crippen LogP contribution in [0.25, 0.3) is 0 Å². The van der Waals surface area contributed by atoms with E-state index in [0.29, 0.717) is 5.56 Å². The molecule has 0 aromatic heterocycles. The maximum absolute atomic E-state index is 13.9. The zero-order valence-electron chi connectivity index (χ0n) is 41.4. The molecule has 26 nitrogen and oxygen atoms in total. The third-order valence-corrected chi connectivity index (χ3v) is 11.2. The van der Waals surface area contributed by atoms with Crippen molar-refractivity contribution < 1.29 is 78.0 Å². The number of aromatic hydroxyl groups is 1. The van der Waals surface area contributed by atoms with Gasteiger partial charge in [-0.2, -0.15) is 12.6 Å². The summed E-state index contributed by atoms with van der Waals surface area (Å²) in [4.78, 5) is 155. The van der Waals surface area contributed by atoms with Crippen LogP contribution in [0.3, 0.4) is 0 Å². The van der Waals surface area contributed by atoms with E-state index in [4.69, 9.17) is 5.73 Å². The molecule has 0 radical (unpaired) electrons. The lowest BCUT2D eigenvalue weighted by Crippen LogP contribution is -2.62. The zero-order chi connectivity index (χ0) is 55.2. The lowest BCUT2D eigenvalue weighted by molar-refractivity contribution is -0.144. The number of nitrogens with two attached hydrogens (primary N) is 1.